The van der Waals surface area contributed by atoms with Crippen molar-refractivity contribution in [2.24, 2.45) is 4.99 Å². The van der Waals surface area contributed by atoms with Gasteiger partial charge in [-0.25, -0.2) is 0 Å². The second-order valence-electron chi connectivity index (χ2n) is 5.27. The zero-order valence-corrected chi connectivity index (χ0v) is 12.2. The number of ether oxygens (including phenoxy) is 1. The fourth-order valence-corrected chi connectivity index (χ4v) is 2.77. The van der Waals surface area contributed by atoms with Crippen LogP contribution < -0.4 is 4.74 Å². The van der Waals surface area contributed by atoms with E-state index in [1.807, 2.05) is 24.3 Å². The van der Waals surface area contributed by atoms with Gasteiger partial charge >= 0.3 is 0 Å². The molecule has 0 atom stereocenters. The first-order chi connectivity index (χ1) is 10.3. The molecule has 3 heteroatoms. The van der Waals surface area contributed by atoms with Crippen LogP contribution in [0.1, 0.15) is 23.1 Å². The van der Waals surface area contributed by atoms with Crippen LogP contribution in [0.5, 0.6) is 11.5 Å². The van der Waals surface area contributed by atoms with Gasteiger partial charge in [-0.2, -0.15) is 0 Å². The summed E-state index contributed by atoms with van der Waals surface area (Å²) >= 11 is 0. The molecule has 0 amide bonds. The second kappa shape index (κ2) is 6.00. The molecule has 2 aromatic rings. The molecule has 0 saturated heterocycles. The highest BCUT2D eigenvalue weighted by molar-refractivity contribution is 6.02. The highest BCUT2D eigenvalue weighted by atomic mass is 16.5. The van der Waals surface area contributed by atoms with Crippen molar-refractivity contribution in [3.63, 3.8) is 0 Å². The molecule has 3 nitrogen and oxygen atoms in total. The quantitative estimate of drug-likeness (QED) is 0.933. The van der Waals surface area contributed by atoms with Gasteiger partial charge in [-0.1, -0.05) is 12.1 Å². The molecule has 0 saturated carbocycles. The Kier molecular flexibility index (Phi) is 3.91. The predicted molar refractivity (Wildman–Crippen MR) is 84.5 cm³/mol. The molecule has 0 unspecified atom stereocenters. The zero-order chi connectivity index (χ0) is 14.7. The van der Waals surface area contributed by atoms with E-state index in [4.69, 9.17) is 4.74 Å². The maximum atomic E-state index is 9.52. The number of phenols is 1. The zero-order valence-electron chi connectivity index (χ0n) is 12.2. The first-order valence-corrected chi connectivity index (χ1v) is 7.25. The minimum absolute atomic E-state index is 0.322. The molecule has 21 heavy (non-hydrogen) atoms. The van der Waals surface area contributed by atoms with Crippen LogP contribution in [-0.2, 0) is 12.8 Å². The van der Waals surface area contributed by atoms with Crippen LogP contribution in [0.3, 0.4) is 0 Å². The average Bonchev–Trinajstić information content (AvgIpc) is 2.52. The van der Waals surface area contributed by atoms with Crippen molar-refractivity contribution in [2.75, 3.05) is 13.7 Å². The Morgan fingerprint density at radius 3 is 2.86 bits per heavy atom. The largest absolute Gasteiger partial charge is 0.508 e. The Hall–Kier alpha value is -2.29. The van der Waals surface area contributed by atoms with Crippen LogP contribution in [0.2, 0.25) is 0 Å². The van der Waals surface area contributed by atoms with Crippen molar-refractivity contribution in [1.29, 1.82) is 0 Å². The topological polar surface area (TPSA) is 41.8 Å². The molecular weight excluding hydrogens is 262 g/mol. The summed E-state index contributed by atoms with van der Waals surface area (Å²) in [5.41, 5.74) is 4.85. The van der Waals surface area contributed by atoms with Gasteiger partial charge in [0.25, 0.3) is 0 Å². The maximum absolute atomic E-state index is 9.52. The van der Waals surface area contributed by atoms with Gasteiger partial charge in [0, 0.05) is 12.3 Å². The third-order valence-electron chi connectivity index (χ3n) is 3.87. The Morgan fingerprint density at radius 2 is 2.05 bits per heavy atom. The molecule has 108 valence electrons. The number of aliphatic imine (C=N–C) groups is 1. The van der Waals surface area contributed by atoms with Crippen LogP contribution >= 0.6 is 0 Å². The van der Waals surface area contributed by atoms with Gasteiger partial charge in [0.15, 0.2) is 0 Å². The van der Waals surface area contributed by atoms with Gasteiger partial charge in [-0.15, -0.1) is 0 Å². The smallest absolute Gasteiger partial charge is 0.119 e. The van der Waals surface area contributed by atoms with Gasteiger partial charge in [0.1, 0.15) is 11.5 Å². The van der Waals surface area contributed by atoms with E-state index >= 15 is 0 Å². The lowest BCUT2D eigenvalue weighted by atomic mass is 9.93. The van der Waals surface area contributed by atoms with Crippen molar-refractivity contribution in [1.82, 2.24) is 0 Å². The standard InChI is InChI=1S/C18H19NO2/c1-21-16-6-7-17-14(12-16)9-10-19-18(17)8-5-13-3-2-4-15(20)11-13/h2-4,6-7,11-12,20H,5,8-10H2,1H3. The summed E-state index contributed by atoms with van der Waals surface area (Å²) in [5, 5.41) is 9.52. The summed E-state index contributed by atoms with van der Waals surface area (Å²) in [7, 11) is 1.70. The van der Waals surface area contributed by atoms with Crippen LogP contribution in [0.25, 0.3) is 0 Å². The molecule has 0 aliphatic carbocycles. The Labute approximate surface area is 124 Å². The lowest BCUT2D eigenvalue weighted by Crippen LogP contribution is -2.13. The number of hydrogen-bond donors (Lipinski definition) is 1. The van der Waals surface area contributed by atoms with Gasteiger partial charge in [-0.05, 0) is 66.3 Å². The Bertz CT molecular complexity index is 677. The SMILES string of the molecule is COc1ccc2c(c1)CCN=C2CCc1cccc(O)c1. The minimum Gasteiger partial charge on any atom is -0.508 e. The molecule has 1 N–H and O–H groups in total. The first-order valence-electron chi connectivity index (χ1n) is 7.25. The fraction of sp³-hybridized carbons (Fsp3) is 0.278. The minimum atomic E-state index is 0.322. The third kappa shape index (κ3) is 3.07. The molecule has 3 rings (SSSR count). The number of hydrogen-bond acceptors (Lipinski definition) is 3. The predicted octanol–water partition coefficient (Wildman–Crippen LogP) is 3.38. The van der Waals surface area contributed by atoms with E-state index in [0.29, 0.717) is 5.75 Å². The van der Waals surface area contributed by atoms with E-state index in [9.17, 15) is 5.11 Å². The Morgan fingerprint density at radius 1 is 1.14 bits per heavy atom. The molecule has 0 bridgehead atoms. The van der Waals surface area contributed by atoms with Gasteiger partial charge in [0.2, 0.25) is 0 Å². The number of rotatable bonds is 4. The molecule has 0 radical (unpaired) electrons. The van der Waals surface area contributed by atoms with Crippen molar-refractivity contribution in [3.05, 3.63) is 59.2 Å². The van der Waals surface area contributed by atoms with Crippen molar-refractivity contribution in [2.45, 2.75) is 19.3 Å². The highest BCUT2D eigenvalue weighted by Crippen LogP contribution is 2.24. The molecular formula is C18H19NO2. The van der Waals surface area contributed by atoms with E-state index in [2.05, 4.69) is 17.1 Å². The number of fused-ring (bicyclic) bond motifs is 1. The van der Waals surface area contributed by atoms with E-state index in [1.165, 1.54) is 11.1 Å². The van der Waals surface area contributed by atoms with Crippen molar-refractivity contribution in [3.8, 4) is 11.5 Å². The van der Waals surface area contributed by atoms with Crippen LogP contribution in [0.15, 0.2) is 47.5 Å². The average molecular weight is 281 g/mol. The molecule has 1 aliphatic heterocycles. The molecule has 0 spiro atoms. The maximum Gasteiger partial charge on any atom is 0.119 e. The number of aromatic hydroxyl groups is 1. The summed E-state index contributed by atoms with van der Waals surface area (Å²) in [6, 6.07) is 13.6. The monoisotopic (exact) mass is 281 g/mol. The summed E-state index contributed by atoms with van der Waals surface area (Å²) in [6.45, 7) is 0.843. The summed E-state index contributed by atoms with van der Waals surface area (Å²) < 4.78 is 5.29. The van der Waals surface area contributed by atoms with Gasteiger partial charge in [0.05, 0.1) is 7.11 Å². The van der Waals surface area contributed by atoms with E-state index in [0.717, 1.165) is 42.8 Å². The number of methoxy groups -OCH3 is 1. The van der Waals surface area contributed by atoms with Crippen LogP contribution in [-0.4, -0.2) is 24.5 Å². The van der Waals surface area contributed by atoms with E-state index in [1.54, 1.807) is 13.2 Å². The molecule has 2 aromatic carbocycles. The normalized spacial score (nSPS) is 13.5. The summed E-state index contributed by atoms with van der Waals surface area (Å²) in [4.78, 5) is 4.68. The van der Waals surface area contributed by atoms with Crippen LogP contribution in [0, 0.1) is 0 Å². The number of nitrogens with zero attached hydrogens (tertiary/aromatic N) is 1. The van der Waals surface area contributed by atoms with Gasteiger partial charge in [-0.3, -0.25) is 4.99 Å². The molecule has 1 heterocycles. The first kappa shape index (κ1) is 13.7. The highest BCUT2D eigenvalue weighted by Gasteiger charge is 2.14. The number of aryl methyl sites for hydroxylation is 1. The molecule has 0 aromatic heterocycles. The van der Waals surface area contributed by atoms with Crippen molar-refractivity contribution < 1.29 is 9.84 Å². The molecule has 0 fully saturated rings. The van der Waals surface area contributed by atoms with E-state index in [-0.39, 0.29) is 0 Å². The van der Waals surface area contributed by atoms with Gasteiger partial charge < -0.3 is 9.84 Å². The second-order valence-corrected chi connectivity index (χ2v) is 5.27. The Balaban J connectivity index is 1.77. The summed E-state index contributed by atoms with van der Waals surface area (Å²) in [5.74, 6) is 1.23. The summed E-state index contributed by atoms with van der Waals surface area (Å²) in [6.07, 6.45) is 2.75. The fourth-order valence-electron chi connectivity index (χ4n) is 2.77. The van der Waals surface area contributed by atoms with Crippen molar-refractivity contribution >= 4 is 5.71 Å². The molecule has 1 aliphatic rings. The lowest BCUT2D eigenvalue weighted by Gasteiger charge is -2.18. The third-order valence-corrected chi connectivity index (χ3v) is 3.87. The number of phenolic OH excluding ortho intramolecular Hbond substituents is 1. The number of benzene rings is 2. The van der Waals surface area contributed by atoms with E-state index < -0.39 is 0 Å². The van der Waals surface area contributed by atoms with Crippen LogP contribution in [0.4, 0.5) is 0 Å². The lowest BCUT2D eigenvalue weighted by molar-refractivity contribution is 0.414.